The van der Waals surface area contributed by atoms with Crippen molar-refractivity contribution >= 4 is 5.97 Å². The molecule has 0 radical (unpaired) electrons. The first-order chi connectivity index (χ1) is 11.8. The van der Waals surface area contributed by atoms with Gasteiger partial charge in [0.05, 0.1) is 13.2 Å². The molecule has 1 N–H and O–H groups in total. The van der Waals surface area contributed by atoms with Gasteiger partial charge in [0.2, 0.25) is 0 Å². The summed E-state index contributed by atoms with van der Waals surface area (Å²) in [4.78, 5) is 41.2. The van der Waals surface area contributed by atoms with Gasteiger partial charge in [-0.05, 0) is 13.3 Å². The van der Waals surface area contributed by atoms with Gasteiger partial charge in [0.1, 0.15) is 30.5 Å². The van der Waals surface area contributed by atoms with Gasteiger partial charge in [0, 0.05) is 6.42 Å². The van der Waals surface area contributed by atoms with Crippen LogP contribution < -0.4 is 0 Å². The van der Waals surface area contributed by atoms with Crippen LogP contribution in [0.3, 0.4) is 0 Å². The Hall–Kier alpha value is -2.25. The molecule has 0 aromatic rings. The van der Waals surface area contributed by atoms with Gasteiger partial charge in [0.25, 0.3) is 10.2 Å². The highest BCUT2D eigenvalue weighted by Gasteiger charge is 2.48. The highest BCUT2D eigenvalue weighted by Crippen LogP contribution is 2.29. The normalized spacial score (nSPS) is 30.2. The summed E-state index contributed by atoms with van der Waals surface area (Å²) in [5.41, 5.74) is 0. The Balaban J connectivity index is 1.82. The van der Waals surface area contributed by atoms with E-state index in [4.69, 9.17) is 14.2 Å². The molecule has 2 aliphatic rings. The van der Waals surface area contributed by atoms with Crippen molar-refractivity contribution in [3.05, 3.63) is 20.2 Å². The van der Waals surface area contributed by atoms with Crippen LogP contribution in [0.1, 0.15) is 19.8 Å². The predicted molar refractivity (Wildman–Crippen MR) is 74.0 cm³/mol. The van der Waals surface area contributed by atoms with Crippen molar-refractivity contribution in [1.82, 2.24) is 0 Å². The average molecular weight is 366 g/mol. The van der Waals surface area contributed by atoms with E-state index in [-0.39, 0.29) is 26.1 Å². The molecule has 2 aliphatic heterocycles. The largest absolute Gasteiger partial charge is 0.457 e. The summed E-state index contributed by atoms with van der Waals surface area (Å²) in [5, 5.41) is 28.2. The van der Waals surface area contributed by atoms with Gasteiger partial charge < -0.3 is 29.0 Å². The second-order valence-electron chi connectivity index (χ2n) is 5.63. The van der Waals surface area contributed by atoms with E-state index in [2.05, 4.69) is 9.68 Å². The molecule has 0 aromatic carbocycles. The quantitative estimate of drug-likeness (QED) is 0.302. The smallest absolute Gasteiger partial charge is 0.306 e. The number of carbonyl (C=O) groups is 1. The Morgan fingerprint density at radius 3 is 2.48 bits per heavy atom. The fraction of sp³-hybridized carbons (Fsp3) is 0.917. The second kappa shape index (κ2) is 8.22. The highest BCUT2D eigenvalue weighted by atomic mass is 17.0. The number of hydrogen-bond donors (Lipinski definition) is 1. The molecule has 0 aliphatic carbocycles. The minimum Gasteiger partial charge on any atom is -0.457 e. The number of aliphatic hydroxyl groups is 1. The second-order valence-corrected chi connectivity index (χ2v) is 5.63. The third-order valence-electron chi connectivity index (χ3n) is 3.90. The summed E-state index contributed by atoms with van der Waals surface area (Å²) >= 11 is 0. The lowest BCUT2D eigenvalue weighted by molar-refractivity contribution is -0.798. The van der Waals surface area contributed by atoms with E-state index < -0.39 is 52.8 Å². The summed E-state index contributed by atoms with van der Waals surface area (Å²) in [7, 11) is 0. The van der Waals surface area contributed by atoms with E-state index in [1.165, 1.54) is 6.92 Å². The summed E-state index contributed by atoms with van der Waals surface area (Å²) in [6.45, 7) is 1.36. The van der Waals surface area contributed by atoms with E-state index >= 15 is 0 Å². The van der Waals surface area contributed by atoms with E-state index in [1.54, 1.807) is 0 Å². The molecule has 0 spiro atoms. The van der Waals surface area contributed by atoms with Crippen molar-refractivity contribution in [3.63, 3.8) is 0 Å². The lowest BCUT2D eigenvalue weighted by Gasteiger charge is -2.21. The SMILES string of the molecule is CC(O[N+](=O)[O-])C(CCC(=O)OC1CO[C@@H]2C(O)CO[C@H]12)O[N+](=O)[O-]. The van der Waals surface area contributed by atoms with Crippen molar-refractivity contribution in [3.8, 4) is 0 Å². The minimum absolute atomic E-state index is 0.0633. The number of rotatable bonds is 9. The lowest BCUT2D eigenvalue weighted by atomic mass is 10.1. The Bertz CT molecular complexity index is 515. The molecule has 142 valence electrons. The average Bonchev–Trinajstić information content (AvgIpc) is 3.06. The lowest BCUT2D eigenvalue weighted by Crippen LogP contribution is -2.35. The van der Waals surface area contributed by atoms with Crippen LogP contribution in [0.2, 0.25) is 0 Å². The van der Waals surface area contributed by atoms with Gasteiger partial charge in [-0.2, -0.15) is 0 Å². The maximum Gasteiger partial charge on any atom is 0.306 e. The van der Waals surface area contributed by atoms with Crippen LogP contribution in [0, 0.1) is 20.2 Å². The van der Waals surface area contributed by atoms with Crippen LogP contribution in [0.5, 0.6) is 0 Å². The number of nitrogens with zero attached hydrogens (tertiary/aromatic N) is 2. The Morgan fingerprint density at radius 1 is 1.20 bits per heavy atom. The molecule has 25 heavy (non-hydrogen) atoms. The van der Waals surface area contributed by atoms with Crippen LogP contribution in [0.15, 0.2) is 0 Å². The maximum absolute atomic E-state index is 11.9. The minimum atomic E-state index is -1.31. The topological polar surface area (TPSA) is 170 Å². The zero-order chi connectivity index (χ0) is 18.6. The van der Waals surface area contributed by atoms with Crippen molar-refractivity contribution < 1.29 is 44.0 Å². The van der Waals surface area contributed by atoms with Crippen LogP contribution in [-0.4, -0.2) is 71.1 Å². The van der Waals surface area contributed by atoms with Crippen LogP contribution in [-0.2, 0) is 28.7 Å². The van der Waals surface area contributed by atoms with Gasteiger partial charge in [-0.15, -0.1) is 20.2 Å². The van der Waals surface area contributed by atoms with Crippen molar-refractivity contribution in [2.45, 2.75) is 56.4 Å². The predicted octanol–water partition coefficient (Wildman–Crippen LogP) is -0.989. The van der Waals surface area contributed by atoms with E-state index in [0.717, 1.165) is 0 Å². The number of esters is 1. The maximum atomic E-state index is 11.9. The van der Waals surface area contributed by atoms with Crippen LogP contribution in [0.4, 0.5) is 0 Å². The van der Waals surface area contributed by atoms with Gasteiger partial charge in [-0.25, -0.2) is 0 Å². The molecule has 0 aromatic heterocycles. The molecule has 13 heteroatoms. The number of hydrogen-bond acceptors (Lipinski definition) is 11. The zero-order valence-electron chi connectivity index (χ0n) is 13.2. The van der Waals surface area contributed by atoms with Crippen LogP contribution >= 0.6 is 0 Å². The van der Waals surface area contributed by atoms with Gasteiger partial charge >= 0.3 is 5.97 Å². The number of aliphatic hydroxyl groups excluding tert-OH is 1. The summed E-state index contributed by atoms with van der Waals surface area (Å²) < 4.78 is 15.8. The fourth-order valence-corrected chi connectivity index (χ4v) is 2.72. The monoisotopic (exact) mass is 366 g/mol. The van der Waals surface area contributed by atoms with Gasteiger partial charge in [-0.1, -0.05) is 0 Å². The van der Waals surface area contributed by atoms with Crippen molar-refractivity contribution in [1.29, 1.82) is 0 Å². The molecule has 13 nitrogen and oxygen atoms in total. The van der Waals surface area contributed by atoms with Gasteiger partial charge in [0.15, 0.2) is 6.10 Å². The zero-order valence-corrected chi connectivity index (χ0v) is 13.2. The molecule has 2 fully saturated rings. The highest BCUT2D eigenvalue weighted by molar-refractivity contribution is 5.69. The first-order valence-corrected chi connectivity index (χ1v) is 7.51. The Kier molecular flexibility index (Phi) is 6.27. The van der Waals surface area contributed by atoms with Gasteiger partial charge in [-0.3, -0.25) is 4.79 Å². The molecule has 4 unspecified atom stereocenters. The molecular weight excluding hydrogens is 348 g/mol. The van der Waals surface area contributed by atoms with E-state index in [0.29, 0.717) is 0 Å². The number of fused-ring (bicyclic) bond motifs is 1. The molecule has 0 saturated carbocycles. The van der Waals surface area contributed by atoms with Crippen LogP contribution in [0.25, 0.3) is 0 Å². The number of carbonyl (C=O) groups excluding carboxylic acids is 1. The molecule has 0 bridgehead atoms. The van der Waals surface area contributed by atoms with Crippen molar-refractivity contribution in [2.75, 3.05) is 13.2 Å². The summed E-state index contributed by atoms with van der Waals surface area (Å²) in [6.07, 6.45) is -5.69. The fourth-order valence-electron chi connectivity index (χ4n) is 2.72. The molecule has 2 saturated heterocycles. The summed E-state index contributed by atoms with van der Waals surface area (Å²) in [5.74, 6) is -0.704. The number of ether oxygens (including phenoxy) is 3. The van der Waals surface area contributed by atoms with Crippen molar-refractivity contribution in [2.24, 2.45) is 0 Å². The molecular formula is C12H18N2O11. The molecule has 0 amide bonds. The first-order valence-electron chi connectivity index (χ1n) is 7.51. The standard InChI is InChI=1S/C12H18N2O11/c1-6(24-13(17)18)8(25-14(19)20)2-3-10(16)23-9-5-22-11-7(15)4-21-12(9)11/h6-9,11-12,15H,2-5H2,1H3/t6?,7?,8?,9?,11-,12-/m1/s1. The summed E-state index contributed by atoms with van der Waals surface area (Å²) in [6, 6.07) is 0. The molecule has 6 atom stereocenters. The first kappa shape index (κ1) is 19.1. The van der Waals surface area contributed by atoms with E-state index in [1.807, 2.05) is 0 Å². The Morgan fingerprint density at radius 2 is 1.84 bits per heavy atom. The van der Waals surface area contributed by atoms with E-state index in [9.17, 15) is 30.1 Å². The third kappa shape index (κ3) is 5.11. The third-order valence-corrected chi connectivity index (χ3v) is 3.90. The Labute approximate surface area is 140 Å². The molecule has 2 heterocycles. The molecule has 2 rings (SSSR count).